The molecular weight excluding hydrogens is 322 g/mol. The fourth-order valence-corrected chi connectivity index (χ4v) is 2.58. The molecule has 0 aliphatic rings. The van der Waals surface area contributed by atoms with Crippen molar-refractivity contribution in [2.24, 2.45) is 0 Å². The summed E-state index contributed by atoms with van der Waals surface area (Å²) in [6.45, 7) is 8.63. The fourth-order valence-electron chi connectivity index (χ4n) is 2.58. The quantitative estimate of drug-likeness (QED) is 0.888. The van der Waals surface area contributed by atoms with Gasteiger partial charge in [0.05, 0.1) is 11.4 Å². The third kappa shape index (κ3) is 4.37. The summed E-state index contributed by atoms with van der Waals surface area (Å²) in [5.74, 6) is -1.18. The summed E-state index contributed by atoms with van der Waals surface area (Å²) in [6.07, 6.45) is -0.786. The molecule has 134 valence electrons. The first-order valence-electron chi connectivity index (χ1n) is 7.94. The van der Waals surface area contributed by atoms with Crippen molar-refractivity contribution in [2.75, 3.05) is 0 Å². The minimum Gasteiger partial charge on any atom is -0.479 e. The molecule has 2 aromatic rings. The van der Waals surface area contributed by atoms with E-state index in [2.05, 4.69) is 10.4 Å². The Labute approximate surface area is 146 Å². The van der Waals surface area contributed by atoms with Crippen LogP contribution in [0.2, 0.25) is 0 Å². The molecule has 0 saturated heterocycles. The molecule has 0 saturated carbocycles. The Hall–Kier alpha value is -2.83. The van der Waals surface area contributed by atoms with E-state index in [4.69, 9.17) is 4.74 Å². The van der Waals surface area contributed by atoms with Crippen molar-refractivity contribution in [3.63, 3.8) is 0 Å². The number of hydrogen-bond acceptors (Lipinski definition) is 4. The standard InChI is InChI=1S/C18H23N3O4/c1-11-14(12(2)21(20-11)13-9-7-6-8-10-13)15(16(22)23)19-17(24)25-18(3,4)5/h6-10,15H,1-5H3,(H,19,24)(H,22,23). The predicted molar refractivity (Wildman–Crippen MR) is 92.8 cm³/mol. The van der Waals surface area contributed by atoms with Gasteiger partial charge in [0.15, 0.2) is 6.04 Å². The molecule has 7 heteroatoms. The summed E-state index contributed by atoms with van der Waals surface area (Å²) in [5.41, 5.74) is 1.72. The Morgan fingerprint density at radius 1 is 1.20 bits per heavy atom. The molecule has 2 N–H and O–H groups in total. The van der Waals surface area contributed by atoms with E-state index in [0.717, 1.165) is 5.69 Å². The number of carboxylic acids is 1. The largest absolute Gasteiger partial charge is 0.479 e. The lowest BCUT2D eigenvalue weighted by Gasteiger charge is -2.22. The highest BCUT2D eigenvalue weighted by Gasteiger charge is 2.30. The Morgan fingerprint density at radius 2 is 1.80 bits per heavy atom. The van der Waals surface area contributed by atoms with Crippen LogP contribution in [-0.2, 0) is 9.53 Å². The lowest BCUT2D eigenvalue weighted by Crippen LogP contribution is -2.38. The highest BCUT2D eigenvalue weighted by Crippen LogP contribution is 2.25. The topological polar surface area (TPSA) is 93.5 Å². The zero-order valence-electron chi connectivity index (χ0n) is 15.0. The number of amides is 1. The van der Waals surface area contributed by atoms with Crippen molar-refractivity contribution in [3.8, 4) is 5.69 Å². The van der Waals surface area contributed by atoms with E-state index < -0.39 is 23.7 Å². The number of aliphatic carboxylic acids is 1. The number of para-hydroxylation sites is 1. The van der Waals surface area contributed by atoms with Gasteiger partial charge in [0.1, 0.15) is 5.60 Å². The van der Waals surface area contributed by atoms with Gasteiger partial charge in [0, 0.05) is 11.3 Å². The number of aromatic nitrogens is 2. The van der Waals surface area contributed by atoms with Gasteiger partial charge in [-0.25, -0.2) is 14.3 Å². The number of ether oxygens (including phenoxy) is 1. The zero-order chi connectivity index (χ0) is 18.8. The second-order valence-corrected chi connectivity index (χ2v) is 6.75. The molecule has 1 amide bonds. The highest BCUT2D eigenvalue weighted by atomic mass is 16.6. The number of aryl methyl sites for hydroxylation is 1. The van der Waals surface area contributed by atoms with E-state index in [-0.39, 0.29) is 0 Å². The number of benzene rings is 1. The van der Waals surface area contributed by atoms with Crippen molar-refractivity contribution < 1.29 is 19.4 Å². The van der Waals surface area contributed by atoms with Crippen LogP contribution in [0.15, 0.2) is 30.3 Å². The highest BCUT2D eigenvalue weighted by molar-refractivity contribution is 5.82. The number of rotatable bonds is 4. The summed E-state index contributed by atoms with van der Waals surface area (Å²) in [4.78, 5) is 23.8. The normalized spacial score (nSPS) is 12.5. The van der Waals surface area contributed by atoms with Crippen molar-refractivity contribution in [3.05, 3.63) is 47.3 Å². The van der Waals surface area contributed by atoms with Crippen LogP contribution in [0.4, 0.5) is 4.79 Å². The van der Waals surface area contributed by atoms with E-state index in [1.54, 1.807) is 39.3 Å². The number of hydrogen-bond donors (Lipinski definition) is 2. The molecule has 1 heterocycles. The Morgan fingerprint density at radius 3 is 2.32 bits per heavy atom. The van der Waals surface area contributed by atoms with Gasteiger partial charge in [-0.05, 0) is 46.8 Å². The summed E-state index contributed by atoms with van der Waals surface area (Å²) >= 11 is 0. The molecule has 0 radical (unpaired) electrons. The molecule has 1 unspecified atom stereocenters. The first kappa shape index (κ1) is 18.5. The molecule has 1 aromatic carbocycles. The average Bonchev–Trinajstić information content (AvgIpc) is 2.79. The van der Waals surface area contributed by atoms with E-state index >= 15 is 0 Å². The number of alkyl carbamates (subject to hydrolysis) is 1. The first-order chi connectivity index (χ1) is 11.6. The molecule has 0 bridgehead atoms. The molecule has 0 fully saturated rings. The molecule has 0 aliphatic heterocycles. The lowest BCUT2D eigenvalue weighted by atomic mass is 10.1. The van der Waals surface area contributed by atoms with E-state index in [9.17, 15) is 14.7 Å². The van der Waals surface area contributed by atoms with Gasteiger partial charge in [-0.2, -0.15) is 5.10 Å². The molecular formula is C18H23N3O4. The maximum atomic E-state index is 12.0. The van der Waals surface area contributed by atoms with Crippen LogP contribution >= 0.6 is 0 Å². The SMILES string of the molecule is Cc1nn(-c2ccccc2)c(C)c1C(NC(=O)OC(C)(C)C)C(=O)O. The summed E-state index contributed by atoms with van der Waals surface area (Å²) in [6, 6.07) is 8.14. The van der Waals surface area contributed by atoms with Crippen molar-refractivity contribution >= 4 is 12.1 Å². The fraction of sp³-hybridized carbons (Fsp3) is 0.389. The van der Waals surface area contributed by atoms with Crippen molar-refractivity contribution in [1.29, 1.82) is 0 Å². The third-order valence-corrected chi connectivity index (χ3v) is 3.54. The number of nitrogens with zero attached hydrogens (tertiary/aromatic N) is 2. The number of nitrogens with one attached hydrogen (secondary N) is 1. The Kier molecular flexibility index (Phi) is 5.15. The number of carboxylic acid groups (broad SMARTS) is 1. The van der Waals surface area contributed by atoms with Gasteiger partial charge < -0.3 is 15.2 Å². The molecule has 0 aliphatic carbocycles. The lowest BCUT2D eigenvalue weighted by molar-refractivity contribution is -0.139. The monoisotopic (exact) mass is 345 g/mol. The smallest absolute Gasteiger partial charge is 0.408 e. The maximum absolute atomic E-state index is 12.0. The van der Waals surface area contributed by atoms with Crippen molar-refractivity contribution in [2.45, 2.75) is 46.3 Å². The molecule has 1 atom stereocenters. The Bertz CT molecular complexity index is 776. The van der Waals surface area contributed by atoms with E-state index in [0.29, 0.717) is 17.0 Å². The van der Waals surface area contributed by atoms with Gasteiger partial charge >= 0.3 is 12.1 Å². The van der Waals surface area contributed by atoms with Crippen LogP contribution in [0.1, 0.15) is 43.8 Å². The maximum Gasteiger partial charge on any atom is 0.408 e. The van der Waals surface area contributed by atoms with E-state index in [1.165, 1.54) is 0 Å². The predicted octanol–water partition coefficient (Wildman–Crippen LogP) is 3.14. The van der Waals surface area contributed by atoms with Gasteiger partial charge in [-0.3, -0.25) is 0 Å². The molecule has 0 spiro atoms. The van der Waals surface area contributed by atoms with Crippen LogP contribution in [0.25, 0.3) is 5.69 Å². The van der Waals surface area contributed by atoms with Gasteiger partial charge in [0.25, 0.3) is 0 Å². The molecule has 1 aromatic heterocycles. The summed E-state index contributed by atoms with van der Waals surface area (Å²) in [7, 11) is 0. The molecule has 7 nitrogen and oxygen atoms in total. The summed E-state index contributed by atoms with van der Waals surface area (Å²) in [5, 5.41) is 16.4. The minimum atomic E-state index is -1.24. The minimum absolute atomic E-state index is 0.446. The van der Waals surface area contributed by atoms with E-state index in [1.807, 2.05) is 30.3 Å². The van der Waals surface area contributed by atoms with Crippen LogP contribution in [-0.4, -0.2) is 32.6 Å². The average molecular weight is 345 g/mol. The second-order valence-electron chi connectivity index (χ2n) is 6.75. The molecule has 2 rings (SSSR count). The van der Waals surface area contributed by atoms with Crippen LogP contribution in [0, 0.1) is 13.8 Å². The van der Waals surface area contributed by atoms with Gasteiger partial charge in [-0.1, -0.05) is 18.2 Å². The van der Waals surface area contributed by atoms with Crippen LogP contribution in [0.3, 0.4) is 0 Å². The van der Waals surface area contributed by atoms with Gasteiger partial charge in [0.2, 0.25) is 0 Å². The second kappa shape index (κ2) is 6.96. The zero-order valence-corrected chi connectivity index (χ0v) is 15.0. The first-order valence-corrected chi connectivity index (χ1v) is 7.94. The van der Waals surface area contributed by atoms with Crippen LogP contribution < -0.4 is 5.32 Å². The Balaban J connectivity index is 2.38. The van der Waals surface area contributed by atoms with Gasteiger partial charge in [-0.15, -0.1) is 0 Å². The number of carbonyl (C=O) groups is 2. The summed E-state index contributed by atoms with van der Waals surface area (Å²) < 4.78 is 6.83. The van der Waals surface area contributed by atoms with Crippen molar-refractivity contribution in [1.82, 2.24) is 15.1 Å². The van der Waals surface area contributed by atoms with Crippen LogP contribution in [0.5, 0.6) is 0 Å². The number of carbonyl (C=O) groups excluding carboxylic acids is 1. The molecule has 25 heavy (non-hydrogen) atoms. The third-order valence-electron chi connectivity index (χ3n) is 3.54.